The average Bonchev–Trinajstić information content (AvgIpc) is 3.50. The molecule has 0 bridgehead atoms. The molecule has 0 unspecified atom stereocenters. The predicted octanol–water partition coefficient (Wildman–Crippen LogP) is 5.20. The Balaban J connectivity index is 1.45. The summed E-state index contributed by atoms with van der Waals surface area (Å²) in [5.74, 6) is 0.180. The van der Waals surface area contributed by atoms with Gasteiger partial charge in [-0.2, -0.15) is 10.2 Å². The minimum absolute atomic E-state index is 0.0430. The Morgan fingerprint density at radius 2 is 1.27 bits per heavy atom. The zero-order valence-electron chi connectivity index (χ0n) is 17.0. The van der Waals surface area contributed by atoms with Gasteiger partial charge in [0.05, 0.1) is 34.2 Å². The number of aromatic nitrogens is 5. The maximum Gasteiger partial charge on any atom is 0.796 e. The molecule has 0 saturated carbocycles. The Hall–Kier alpha value is -4.47. The van der Waals surface area contributed by atoms with E-state index in [4.69, 9.17) is 0 Å². The summed E-state index contributed by atoms with van der Waals surface area (Å²) in [6, 6.07) is 22.4. The number of aromatic amines is 2. The lowest BCUT2D eigenvalue weighted by Crippen LogP contribution is -2.09. The summed E-state index contributed by atoms with van der Waals surface area (Å²) in [5.41, 5.74) is 4.63. The van der Waals surface area contributed by atoms with Crippen LogP contribution in [0.3, 0.4) is 0 Å². The number of aromatic hydroxyl groups is 1. The van der Waals surface area contributed by atoms with Crippen molar-refractivity contribution in [3.05, 3.63) is 78.9 Å². The molecule has 0 saturated heterocycles. The summed E-state index contributed by atoms with van der Waals surface area (Å²) in [6.45, 7) is 0. The second-order valence-corrected chi connectivity index (χ2v) is 7.13. The fourth-order valence-electron chi connectivity index (χ4n) is 3.48. The Bertz CT molecular complexity index is 1420. The largest absolute Gasteiger partial charge is 0.796 e. The van der Waals surface area contributed by atoms with Gasteiger partial charge < -0.3 is 9.76 Å². The van der Waals surface area contributed by atoms with Gasteiger partial charge in [0.25, 0.3) is 0 Å². The van der Waals surface area contributed by atoms with Gasteiger partial charge in [0.1, 0.15) is 11.5 Å². The van der Waals surface area contributed by atoms with Crippen LogP contribution >= 0.6 is 0 Å². The minimum Gasteiger partial charge on any atom is -0.507 e. The van der Waals surface area contributed by atoms with Gasteiger partial charge in [-0.3, -0.25) is 10.2 Å². The van der Waals surface area contributed by atoms with Gasteiger partial charge in [-0.25, -0.2) is 13.6 Å². The van der Waals surface area contributed by atoms with Crippen LogP contribution in [0.1, 0.15) is 0 Å². The first kappa shape index (κ1) is 20.4. The van der Waals surface area contributed by atoms with Crippen molar-refractivity contribution in [1.82, 2.24) is 25.4 Å². The quantitative estimate of drug-likeness (QED) is 0.313. The third-order valence-electron chi connectivity index (χ3n) is 5.02. The van der Waals surface area contributed by atoms with Crippen molar-refractivity contribution in [2.75, 3.05) is 0 Å². The first-order chi connectivity index (χ1) is 16.1. The molecule has 3 N–H and O–H groups in total. The molecule has 0 atom stereocenters. The molecule has 3 aromatic heterocycles. The maximum atomic E-state index is 12.7. The van der Waals surface area contributed by atoms with Gasteiger partial charge in [-0.15, -0.1) is 0 Å². The molecule has 0 aliphatic heterocycles. The molecule has 0 radical (unpaired) electrons. The highest BCUT2D eigenvalue weighted by atomic mass is 19.2. The number of pyridine rings is 1. The lowest BCUT2D eigenvalue weighted by Gasteiger charge is -2.07. The van der Waals surface area contributed by atoms with E-state index < -0.39 is 7.47 Å². The average molecular weight is 443 g/mol. The number of phenols is 1. The Labute approximate surface area is 187 Å². The highest BCUT2D eigenvalue weighted by Crippen LogP contribution is 2.32. The van der Waals surface area contributed by atoms with Crippen LogP contribution in [-0.4, -0.2) is 38.0 Å². The Morgan fingerprint density at radius 1 is 0.697 bits per heavy atom. The van der Waals surface area contributed by atoms with Crippen molar-refractivity contribution in [3.8, 4) is 56.8 Å². The van der Waals surface area contributed by atoms with E-state index >= 15 is 0 Å². The molecule has 0 aliphatic carbocycles. The summed E-state index contributed by atoms with van der Waals surface area (Å²) in [7, 11) is -2.93. The predicted molar refractivity (Wildman–Crippen MR) is 121 cm³/mol. The molecule has 3 heterocycles. The minimum atomic E-state index is -2.93. The number of H-pyrrole nitrogens is 2. The number of hydrogen-bond donors (Lipinski definition) is 3. The molecule has 0 aliphatic rings. The van der Waals surface area contributed by atoms with Crippen molar-refractivity contribution >= 4 is 7.47 Å². The van der Waals surface area contributed by atoms with Gasteiger partial charge in [-0.1, -0.05) is 30.3 Å². The van der Waals surface area contributed by atoms with E-state index in [0.717, 1.165) is 0 Å². The summed E-state index contributed by atoms with van der Waals surface area (Å²) >= 11 is 0. The molecule has 7 nitrogen and oxygen atoms in total. The van der Waals surface area contributed by atoms with Crippen LogP contribution in [0.2, 0.25) is 0 Å². The summed E-state index contributed by atoms with van der Waals surface area (Å²) < 4.78 is 30.1. The number of nitrogens with one attached hydrogen (secondary N) is 2. The van der Waals surface area contributed by atoms with Gasteiger partial charge in [-0.05, 0) is 48.5 Å². The number of phenolic OH excluding ortho intramolecular Hbond substituents is 1. The van der Waals surface area contributed by atoms with Crippen molar-refractivity contribution in [1.29, 1.82) is 0 Å². The fourth-order valence-corrected chi connectivity index (χ4v) is 3.48. The van der Waals surface area contributed by atoms with Crippen LogP contribution in [0.5, 0.6) is 11.5 Å². The molecule has 5 rings (SSSR count). The summed E-state index contributed by atoms with van der Waals surface area (Å²) in [5, 5.41) is 24.5. The Kier molecular flexibility index (Phi) is 5.31. The molecule has 33 heavy (non-hydrogen) atoms. The number of halogens is 2. The normalized spacial score (nSPS) is 10.8. The number of hydrogen-bond acceptors (Lipinski definition) is 5. The van der Waals surface area contributed by atoms with Crippen molar-refractivity contribution < 1.29 is 18.4 Å². The van der Waals surface area contributed by atoms with Crippen LogP contribution < -0.4 is 4.65 Å². The lowest BCUT2D eigenvalue weighted by atomic mass is 10.1. The highest BCUT2D eigenvalue weighted by molar-refractivity contribution is 6.35. The fraction of sp³-hybridized carbons (Fsp3) is 0. The van der Waals surface area contributed by atoms with Gasteiger partial charge in [0.2, 0.25) is 0 Å². The van der Waals surface area contributed by atoms with E-state index in [9.17, 15) is 13.7 Å². The number of nitrogens with zero attached hydrogens (tertiary/aromatic N) is 3. The van der Waals surface area contributed by atoms with Crippen LogP contribution in [0.4, 0.5) is 8.63 Å². The third-order valence-corrected chi connectivity index (χ3v) is 5.02. The molecule has 10 heteroatoms. The van der Waals surface area contributed by atoms with Crippen LogP contribution in [0, 0.1) is 0 Å². The summed E-state index contributed by atoms with van der Waals surface area (Å²) in [6.07, 6.45) is 0. The van der Waals surface area contributed by atoms with Crippen LogP contribution in [0.15, 0.2) is 78.9 Å². The van der Waals surface area contributed by atoms with E-state index in [-0.39, 0.29) is 11.5 Å². The van der Waals surface area contributed by atoms with Gasteiger partial charge >= 0.3 is 7.47 Å². The molecule has 2 aromatic carbocycles. The molecule has 162 valence electrons. The first-order valence-corrected chi connectivity index (χ1v) is 9.99. The SMILES string of the molecule is Oc1ccccc1-c1cc(-c2cccc(-c3cc(-c4ccccc4OB(F)F)n[nH]3)n2)[nH]n1. The second-order valence-electron chi connectivity index (χ2n) is 7.13. The molecule has 0 spiro atoms. The van der Waals surface area contributed by atoms with Gasteiger partial charge in [0.15, 0.2) is 0 Å². The van der Waals surface area contributed by atoms with Crippen molar-refractivity contribution in [2.45, 2.75) is 0 Å². The molecular formula is C23H16BF2N5O2. The zero-order chi connectivity index (χ0) is 22.8. The molecular weight excluding hydrogens is 427 g/mol. The third kappa shape index (κ3) is 4.18. The maximum absolute atomic E-state index is 12.7. The first-order valence-electron chi connectivity index (χ1n) is 9.99. The summed E-state index contributed by atoms with van der Waals surface area (Å²) in [4.78, 5) is 4.66. The number of benzene rings is 2. The standard InChI is InChI=1S/C23H16BF2N5O2/c25-24(26)33-23-11-4-2-7-15(23)19-13-21(31-29-19)17-9-5-8-16(27-17)20-12-18(28-30-20)14-6-1-3-10-22(14)32/h1-13,32H,(H,28,30)(H,29,31). The molecule has 0 fully saturated rings. The molecule has 0 amide bonds. The topological polar surface area (TPSA) is 99.7 Å². The van der Waals surface area contributed by atoms with E-state index in [0.29, 0.717) is 45.3 Å². The number of rotatable bonds is 6. The Morgan fingerprint density at radius 3 is 1.91 bits per heavy atom. The van der Waals surface area contributed by atoms with E-state index in [1.165, 1.54) is 6.07 Å². The highest BCUT2D eigenvalue weighted by Gasteiger charge is 2.21. The smallest absolute Gasteiger partial charge is 0.507 e. The van der Waals surface area contributed by atoms with E-state index in [2.05, 4.69) is 30.0 Å². The van der Waals surface area contributed by atoms with E-state index in [1.54, 1.807) is 48.5 Å². The van der Waals surface area contributed by atoms with Crippen LogP contribution in [0.25, 0.3) is 45.3 Å². The van der Waals surface area contributed by atoms with Crippen molar-refractivity contribution in [3.63, 3.8) is 0 Å². The number of para-hydroxylation sites is 2. The zero-order valence-corrected chi connectivity index (χ0v) is 17.0. The van der Waals surface area contributed by atoms with Crippen molar-refractivity contribution in [2.24, 2.45) is 0 Å². The monoisotopic (exact) mass is 443 g/mol. The van der Waals surface area contributed by atoms with E-state index in [1.807, 2.05) is 24.3 Å². The molecule has 5 aromatic rings. The lowest BCUT2D eigenvalue weighted by molar-refractivity contribution is 0.427. The second kappa shape index (κ2) is 8.58. The van der Waals surface area contributed by atoms with Gasteiger partial charge in [0, 0.05) is 11.1 Å². The van der Waals surface area contributed by atoms with Crippen LogP contribution in [-0.2, 0) is 0 Å².